The molecule has 2 rings (SSSR count). The van der Waals surface area contributed by atoms with Gasteiger partial charge in [0.15, 0.2) is 0 Å². The Kier molecular flexibility index (Phi) is 4.61. The molecule has 0 radical (unpaired) electrons. The smallest absolute Gasteiger partial charge is 0.207 e. The van der Waals surface area contributed by atoms with E-state index < -0.39 is 15.8 Å². The third-order valence-electron chi connectivity index (χ3n) is 3.11. The zero-order chi connectivity index (χ0) is 16.3. The lowest BCUT2D eigenvalue weighted by atomic mass is 10.1. The number of benzene rings is 2. The lowest BCUT2D eigenvalue weighted by Crippen LogP contribution is -2.20. The molecule has 116 valence electrons. The van der Waals surface area contributed by atoms with Gasteiger partial charge < -0.3 is 0 Å². The molecule has 4 nitrogen and oxygen atoms in total. The highest BCUT2D eigenvalue weighted by Gasteiger charge is 2.18. The van der Waals surface area contributed by atoms with Gasteiger partial charge in [-0.15, -0.1) is 0 Å². The topological polar surface area (TPSA) is 58.5 Å². The number of halogens is 1. The zero-order valence-electron chi connectivity index (χ0n) is 12.6. The quantitative estimate of drug-likeness (QED) is 0.695. The van der Waals surface area contributed by atoms with E-state index in [0.29, 0.717) is 16.7 Å². The van der Waals surface area contributed by atoms with Crippen molar-refractivity contribution in [2.75, 3.05) is 0 Å². The second-order valence-corrected chi connectivity index (χ2v) is 6.73. The van der Waals surface area contributed by atoms with E-state index in [1.165, 1.54) is 24.4 Å². The van der Waals surface area contributed by atoms with E-state index in [9.17, 15) is 12.8 Å². The summed E-state index contributed by atoms with van der Waals surface area (Å²) in [5.74, 6) is -0.406. The Hall–Kier alpha value is -2.21. The first-order valence-corrected chi connectivity index (χ1v) is 8.16. The van der Waals surface area contributed by atoms with Crippen molar-refractivity contribution >= 4 is 16.2 Å². The Balaban J connectivity index is 2.26. The minimum atomic E-state index is -3.76. The molecule has 6 heteroatoms. The second-order valence-electron chi connectivity index (χ2n) is 5.14. The van der Waals surface area contributed by atoms with Gasteiger partial charge in [0.05, 0.1) is 11.1 Å². The van der Waals surface area contributed by atoms with Crippen molar-refractivity contribution in [3.63, 3.8) is 0 Å². The molecule has 0 spiro atoms. The molecule has 0 aliphatic heterocycles. The highest BCUT2D eigenvalue weighted by atomic mass is 32.2. The molecule has 0 bridgehead atoms. The molecule has 22 heavy (non-hydrogen) atoms. The van der Waals surface area contributed by atoms with Crippen LogP contribution in [0.4, 0.5) is 4.39 Å². The van der Waals surface area contributed by atoms with Gasteiger partial charge in [0, 0.05) is 0 Å². The van der Waals surface area contributed by atoms with Gasteiger partial charge in [-0.2, -0.15) is 13.5 Å². The predicted octanol–water partition coefficient (Wildman–Crippen LogP) is 3.06. The Morgan fingerprint density at radius 2 is 1.73 bits per heavy atom. The lowest BCUT2D eigenvalue weighted by Gasteiger charge is -2.11. The lowest BCUT2D eigenvalue weighted by molar-refractivity contribution is 0.583. The number of hydrogen-bond acceptors (Lipinski definition) is 3. The molecule has 2 aromatic carbocycles. The van der Waals surface area contributed by atoms with Crippen LogP contribution in [-0.2, 0) is 10.0 Å². The van der Waals surface area contributed by atoms with E-state index in [0.717, 1.165) is 5.56 Å². The maximum atomic E-state index is 13.0. The van der Waals surface area contributed by atoms with E-state index in [1.54, 1.807) is 32.0 Å². The fraction of sp³-hybridized carbons (Fsp3) is 0.188. The number of hydrogen-bond donors (Lipinski definition) is 1. The largest absolute Gasteiger partial charge is 0.277 e. The summed E-state index contributed by atoms with van der Waals surface area (Å²) in [4.78, 5) is 2.38. The second kappa shape index (κ2) is 6.27. The van der Waals surface area contributed by atoms with Crippen molar-refractivity contribution in [2.45, 2.75) is 25.7 Å². The monoisotopic (exact) mass is 320 g/mol. The first-order valence-electron chi connectivity index (χ1n) is 6.68. The summed E-state index contributed by atoms with van der Waals surface area (Å²) >= 11 is 0. The molecule has 2 aromatic rings. The van der Waals surface area contributed by atoms with Crippen molar-refractivity contribution in [3.8, 4) is 0 Å². The van der Waals surface area contributed by atoms with Gasteiger partial charge in [-0.3, -0.25) is 0 Å². The zero-order valence-corrected chi connectivity index (χ0v) is 13.4. The molecular formula is C16H17FN2O2S. The van der Waals surface area contributed by atoms with Crippen LogP contribution in [0, 0.1) is 26.6 Å². The van der Waals surface area contributed by atoms with E-state index >= 15 is 0 Å². The molecule has 0 unspecified atom stereocenters. The van der Waals surface area contributed by atoms with Crippen LogP contribution in [0.15, 0.2) is 46.4 Å². The van der Waals surface area contributed by atoms with Gasteiger partial charge in [0.25, 0.3) is 10.0 Å². The average molecular weight is 320 g/mol. The van der Waals surface area contributed by atoms with Crippen molar-refractivity contribution < 1.29 is 12.8 Å². The molecule has 0 saturated carbocycles. The maximum Gasteiger partial charge on any atom is 0.277 e. The van der Waals surface area contributed by atoms with Crippen molar-refractivity contribution in [2.24, 2.45) is 5.10 Å². The SMILES string of the molecule is Cc1cc(C)c(S(=O)(=O)N/N=C/c2cccc(F)c2)c(C)c1. The first kappa shape index (κ1) is 16.2. The maximum absolute atomic E-state index is 13.0. The number of hydrazone groups is 1. The van der Waals surface area contributed by atoms with Gasteiger partial charge in [-0.05, 0) is 49.6 Å². The van der Waals surface area contributed by atoms with Crippen LogP contribution in [-0.4, -0.2) is 14.6 Å². The van der Waals surface area contributed by atoms with Crippen molar-refractivity contribution in [1.29, 1.82) is 0 Å². The third kappa shape index (κ3) is 3.71. The summed E-state index contributed by atoms with van der Waals surface area (Å²) < 4.78 is 37.7. The van der Waals surface area contributed by atoms with E-state index in [4.69, 9.17) is 0 Å². The predicted molar refractivity (Wildman–Crippen MR) is 85.0 cm³/mol. The van der Waals surface area contributed by atoms with Gasteiger partial charge in [0.1, 0.15) is 5.82 Å². The van der Waals surface area contributed by atoms with Crippen LogP contribution in [0.5, 0.6) is 0 Å². The molecule has 0 aliphatic carbocycles. The van der Waals surface area contributed by atoms with Crippen LogP contribution in [0.3, 0.4) is 0 Å². The Labute approximate surface area is 129 Å². The van der Waals surface area contributed by atoms with Crippen LogP contribution >= 0.6 is 0 Å². The van der Waals surface area contributed by atoms with Gasteiger partial charge in [-0.1, -0.05) is 29.8 Å². The Morgan fingerprint density at radius 1 is 1.09 bits per heavy atom. The molecule has 0 amide bonds. The number of nitrogens with one attached hydrogen (secondary N) is 1. The van der Waals surface area contributed by atoms with Crippen LogP contribution in [0.2, 0.25) is 0 Å². The molecule has 0 atom stereocenters. The van der Waals surface area contributed by atoms with Gasteiger partial charge in [0.2, 0.25) is 0 Å². The fourth-order valence-corrected chi connectivity index (χ4v) is 3.64. The third-order valence-corrected chi connectivity index (χ3v) is 4.64. The minimum Gasteiger partial charge on any atom is -0.207 e. The molecule has 1 N–H and O–H groups in total. The van der Waals surface area contributed by atoms with Crippen molar-refractivity contribution in [3.05, 3.63) is 64.5 Å². The summed E-state index contributed by atoms with van der Waals surface area (Å²) in [5, 5.41) is 3.71. The van der Waals surface area contributed by atoms with Crippen molar-refractivity contribution in [1.82, 2.24) is 4.83 Å². The average Bonchev–Trinajstić information content (AvgIpc) is 2.36. The summed E-state index contributed by atoms with van der Waals surface area (Å²) in [6.45, 7) is 5.39. The molecule has 0 aromatic heterocycles. The molecule has 0 aliphatic rings. The van der Waals surface area contributed by atoms with Gasteiger partial charge in [-0.25, -0.2) is 9.22 Å². The normalized spacial score (nSPS) is 11.8. The van der Waals surface area contributed by atoms with Crippen LogP contribution in [0.25, 0.3) is 0 Å². The molecule has 0 saturated heterocycles. The Bertz CT molecular complexity index is 807. The summed E-state index contributed by atoms with van der Waals surface area (Å²) in [7, 11) is -3.76. The standard InChI is InChI=1S/C16H17FN2O2S/c1-11-7-12(2)16(13(3)8-11)22(20,21)19-18-10-14-5-4-6-15(17)9-14/h4-10,19H,1-3H3/b18-10+. The summed E-state index contributed by atoms with van der Waals surface area (Å²) in [5.41, 5.74) is 2.79. The summed E-state index contributed by atoms with van der Waals surface area (Å²) in [6.07, 6.45) is 1.26. The minimum absolute atomic E-state index is 0.217. The number of rotatable bonds is 4. The highest BCUT2D eigenvalue weighted by Crippen LogP contribution is 2.21. The number of aryl methyl sites for hydroxylation is 3. The van der Waals surface area contributed by atoms with E-state index in [1.807, 2.05) is 6.92 Å². The molecule has 0 fully saturated rings. The fourth-order valence-electron chi connectivity index (χ4n) is 2.39. The van der Waals surface area contributed by atoms with E-state index in [-0.39, 0.29) is 4.90 Å². The first-order chi connectivity index (χ1) is 10.3. The molecular weight excluding hydrogens is 303 g/mol. The highest BCUT2D eigenvalue weighted by molar-refractivity contribution is 7.89. The number of sulfonamides is 1. The Morgan fingerprint density at radius 3 is 2.32 bits per heavy atom. The van der Waals surface area contributed by atoms with Gasteiger partial charge >= 0.3 is 0 Å². The summed E-state index contributed by atoms with van der Waals surface area (Å²) in [6, 6.07) is 9.33. The van der Waals surface area contributed by atoms with Crippen LogP contribution in [0.1, 0.15) is 22.3 Å². The molecule has 0 heterocycles. The number of nitrogens with zero attached hydrogens (tertiary/aromatic N) is 1. The van der Waals surface area contributed by atoms with E-state index in [2.05, 4.69) is 9.93 Å². The van der Waals surface area contributed by atoms with Crippen LogP contribution < -0.4 is 4.83 Å².